The molecule has 0 unspecified atom stereocenters. The normalized spacial score (nSPS) is 24.3. The monoisotopic (exact) mass is 426 g/mol. The molecular weight excluding hydrogens is 396 g/mol. The molecule has 2 atom stereocenters. The SMILES string of the molecule is C[C@H]1CCC[C@H](C)N1C(=O)COC(=O)c1ccc2c(c1)C(=O)N(C1CCCCC1)C2=O. The van der Waals surface area contributed by atoms with Gasteiger partial charge in [-0.25, -0.2) is 4.79 Å². The minimum Gasteiger partial charge on any atom is -0.452 e. The number of imide groups is 1. The molecule has 0 bridgehead atoms. The molecule has 1 aliphatic carbocycles. The average molecular weight is 427 g/mol. The molecule has 2 aliphatic heterocycles. The van der Waals surface area contributed by atoms with Crippen molar-refractivity contribution in [2.75, 3.05) is 6.61 Å². The van der Waals surface area contributed by atoms with Crippen LogP contribution in [-0.2, 0) is 9.53 Å². The third kappa shape index (κ3) is 4.10. The Morgan fingerprint density at radius 3 is 2.23 bits per heavy atom. The third-order valence-corrected chi connectivity index (χ3v) is 6.90. The van der Waals surface area contributed by atoms with Gasteiger partial charge >= 0.3 is 5.97 Å². The summed E-state index contributed by atoms with van der Waals surface area (Å²) in [7, 11) is 0. The van der Waals surface area contributed by atoms with Crippen molar-refractivity contribution in [1.82, 2.24) is 9.80 Å². The summed E-state index contributed by atoms with van der Waals surface area (Å²) in [4.78, 5) is 54.0. The maximum absolute atomic E-state index is 12.9. The molecular formula is C24H30N2O5. The molecule has 0 aromatic heterocycles. The second-order valence-corrected chi connectivity index (χ2v) is 9.04. The van der Waals surface area contributed by atoms with Gasteiger partial charge in [-0.2, -0.15) is 0 Å². The van der Waals surface area contributed by atoms with Gasteiger partial charge in [0, 0.05) is 18.1 Å². The number of piperidine rings is 1. The van der Waals surface area contributed by atoms with Crippen molar-refractivity contribution in [3.63, 3.8) is 0 Å². The minimum atomic E-state index is -0.662. The van der Waals surface area contributed by atoms with Gasteiger partial charge in [-0.15, -0.1) is 0 Å². The molecule has 166 valence electrons. The number of likely N-dealkylation sites (tertiary alicyclic amines) is 1. The first-order valence-electron chi connectivity index (χ1n) is 11.4. The van der Waals surface area contributed by atoms with Crippen LogP contribution in [0.25, 0.3) is 0 Å². The Kier molecular flexibility index (Phi) is 6.12. The lowest BCUT2D eigenvalue weighted by Crippen LogP contribution is -2.49. The van der Waals surface area contributed by atoms with E-state index in [0.717, 1.165) is 51.4 Å². The fourth-order valence-electron chi connectivity index (χ4n) is 5.26. The summed E-state index contributed by atoms with van der Waals surface area (Å²) in [6.45, 7) is 3.69. The number of nitrogens with zero attached hydrogens (tertiary/aromatic N) is 2. The van der Waals surface area contributed by atoms with E-state index in [4.69, 9.17) is 4.74 Å². The van der Waals surface area contributed by atoms with E-state index < -0.39 is 5.97 Å². The predicted octanol–water partition coefficient (Wildman–Crippen LogP) is 3.56. The summed E-state index contributed by atoms with van der Waals surface area (Å²) in [5.74, 6) is -1.49. The quantitative estimate of drug-likeness (QED) is 0.543. The molecule has 3 amide bonds. The minimum absolute atomic E-state index is 0.0669. The van der Waals surface area contributed by atoms with Crippen LogP contribution in [0.5, 0.6) is 0 Å². The Balaban J connectivity index is 1.43. The molecule has 1 saturated heterocycles. The fraction of sp³-hybridized carbons (Fsp3) is 0.583. The zero-order valence-electron chi connectivity index (χ0n) is 18.3. The summed E-state index contributed by atoms with van der Waals surface area (Å²) in [6, 6.07) is 4.63. The highest BCUT2D eigenvalue weighted by Crippen LogP contribution is 2.31. The Morgan fingerprint density at radius 2 is 1.55 bits per heavy atom. The van der Waals surface area contributed by atoms with Gasteiger partial charge < -0.3 is 9.64 Å². The van der Waals surface area contributed by atoms with E-state index in [2.05, 4.69) is 0 Å². The number of amides is 3. The van der Waals surface area contributed by atoms with E-state index in [1.807, 2.05) is 13.8 Å². The molecule has 2 heterocycles. The number of esters is 1. The van der Waals surface area contributed by atoms with Crippen LogP contribution >= 0.6 is 0 Å². The van der Waals surface area contributed by atoms with E-state index >= 15 is 0 Å². The van der Waals surface area contributed by atoms with Gasteiger partial charge in [-0.1, -0.05) is 19.3 Å². The molecule has 1 aromatic rings. The van der Waals surface area contributed by atoms with E-state index in [-0.39, 0.29) is 53.6 Å². The van der Waals surface area contributed by atoms with Crippen LogP contribution < -0.4 is 0 Å². The van der Waals surface area contributed by atoms with Crippen LogP contribution in [0.1, 0.15) is 96.3 Å². The smallest absolute Gasteiger partial charge is 0.338 e. The fourth-order valence-corrected chi connectivity index (χ4v) is 5.26. The van der Waals surface area contributed by atoms with Gasteiger partial charge in [0.15, 0.2) is 6.61 Å². The molecule has 7 nitrogen and oxygen atoms in total. The van der Waals surface area contributed by atoms with Gasteiger partial charge in [0.1, 0.15) is 0 Å². The summed E-state index contributed by atoms with van der Waals surface area (Å²) >= 11 is 0. The molecule has 7 heteroatoms. The first kappa shape index (κ1) is 21.5. The van der Waals surface area contributed by atoms with Crippen LogP contribution in [0.2, 0.25) is 0 Å². The van der Waals surface area contributed by atoms with Gasteiger partial charge in [-0.3, -0.25) is 19.3 Å². The number of fused-ring (bicyclic) bond motifs is 1. The average Bonchev–Trinajstić information content (AvgIpc) is 3.02. The highest BCUT2D eigenvalue weighted by atomic mass is 16.5. The Morgan fingerprint density at radius 1 is 0.903 bits per heavy atom. The van der Waals surface area contributed by atoms with E-state index in [0.29, 0.717) is 5.56 Å². The van der Waals surface area contributed by atoms with E-state index in [1.165, 1.54) is 23.1 Å². The largest absolute Gasteiger partial charge is 0.452 e. The van der Waals surface area contributed by atoms with Crippen LogP contribution in [-0.4, -0.2) is 58.2 Å². The predicted molar refractivity (Wildman–Crippen MR) is 114 cm³/mol. The first-order chi connectivity index (χ1) is 14.9. The van der Waals surface area contributed by atoms with Gasteiger partial charge in [0.2, 0.25) is 0 Å². The van der Waals surface area contributed by atoms with Crippen molar-refractivity contribution in [1.29, 1.82) is 0 Å². The molecule has 0 N–H and O–H groups in total. The maximum atomic E-state index is 12.9. The Bertz CT molecular complexity index is 895. The second kappa shape index (κ2) is 8.81. The standard InChI is InChI=1S/C24H30N2O5/c1-15-7-6-8-16(2)25(15)21(27)14-31-24(30)17-11-12-19-20(13-17)23(29)26(22(19)28)18-9-4-3-5-10-18/h11-13,15-16,18H,3-10,14H2,1-2H3/t15-,16-/m0/s1. The molecule has 2 fully saturated rings. The van der Waals surface area contributed by atoms with Crippen molar-refractivity contribution in [2.45, 2.75) is 83.3 Å². The molecule has 31 heavy (non-hydrogen) atoms. The third-order valence-electron chi connectivity index (χ3n) is 6.90. The number of benzene rings is 1. The summed E-state index contributed by atoms with van der Waals surface area (Å²) in [6.07, 6.45) is 7.79. The van der Waals surface area contributed by atoms with Crippen molar-refractivity contribution in [3.8, 4) is 0 Å². The van der Waals surface area contributed by atoms with Crippen LogP contribution in [0.15, 0.2) is 18.2 Å². The lowest BCUT2D eigenvalue weighted by Gasteiger charge is -2.38. The molecule has 0 spiro atoms. The first-order valence-corrected chi connectivity index (χ1v) is 11.4. The zero-order valence-corrected chi connectivity index (χ0v) is 18.3. The molecule has 0 radical (unpaired) electrons. The number of rotatable bonds is 4. The molecule has 1 aromatic carbocycles. The van der Waals surface area contributed by atoms with Crippen LogP contribution in [0.4, 0.5) is 0 Å². The molecule has 1 saturated carbocycles. The number of carbonyl (C=O) groups is 4. The summed E-state index contributed by atoms with van der Waals surface area (Å²) in [5.41, 5.74) is 0.756. The zero-order chi connectivity index (χ0) is 22.1. The highest BCUT2D eigenvalue weighted by molar-refractivity contribution is 6.22. The lowest BCUT2D eigenvalue weighted by atomic mass is 9.94. The number of ether oxygens (including phenoxy) is 1. The lowest BCUT2D eigenvalue weighted by molar-refractivity contribution is -0.140. The van der Waals surface area contributed by atoms with Crippen molar-refractivity contribution < 1.29 is 23.9 Å². The van der Waals surface area contributed by atoms with Gasteiger partial charge in [0.25, 0.3) is 17.7 Å². The Labute approximate surface area is 182 Å². The number of hydrogen-bond acceptors (Lipinski definition) is 5. The number of hydrogen-bond donors (Lipinski definition) is 0. The van der Waals surface area contributed by atoms with Gasteiger partial charge in [0.05, 0.1) is 16.7 Å². The van der Waals surface area contributed by atoms with Gasteiger partial charge in [-0.05, 0) is 64.2 Å². The summed E-state index contributed by atoms with van der Waals surface area (Å²) < 4.78 is 5.26. The molecule has 4 rings (SSSR count). The van der Waals surface area contributed by atoms with Crippen LogP contribution in [0, 0.1) is 0 Å². The molecule has 3 aliphatic rings. The van der Waals surface area contributed by atoms with E-state index in [1.54, 1.807) is 4.90 Å². The number of carbonyl (C=O) groups excluding carboxylic acids is 4. The van der Waals surface area contributed by atoms with Crippen molar-refractivity contribution >= 4 is 23.7 Å². The van der Waals surface area contributed by atoms with Crippen LogP contribution in [0.3, 0.4) is 0 Å². The topological polar surface area (TPSA) is 84.0 Å². The maximum Gasteiger partial charge on any atom is 0.338 e. The van der Waals surface area contributed by atoms with Crippen molar-refractivity contribution in [2.24, 2.45) is 0 Å². The Hall–Kier alpha value is -2.70. The summed E-state index contributed by atoms with van der Waals surface area (Å²) in [5, 5.41) is 0. The second-order valence-electron chi connectivity index (χ2n) is 9.04. The highest BCUT2D eigenvalue weighted by Gasteiger charge is 2.40. The van der Waals surface area contributed by atoms with Crippen molar-refractivity contribution in [3.05, 3.63) is 34.9 Å². The van der Waals surface area contributed by atoms with E-state index in [9.17, 15) is 19.2 Å².